The molecule has 1 aromatic rings. The number of carbonyl (C=O) groups excluding carboxylic acids is 1. The van der Waals surface area contributed by atoms with Crippen LogP contribution in [0, 0.1) is 5.92 Å². The third-order valence-electron chi connectivity index (χ3n) is 2.73. The molecule has 0 aliphatic rings. The average Bonchev–Trinajstić information content (AvgIpc) is 2.36. The molecule has 0 aliphatic carbocycles. The molecule has 0 heterocycles. The topological polar surface area (TPSA) is 29.1 Å². The minimum atomic E-state index is 0.0115. The summed E-state index contributed by atoms with van der Waals surface area (Å²) in [5, 5.41) is 3.00. The summed E-state index contributed by atoms with van der Waals surface area (Å²) in [4.78, 5) is 11.8. The van der Waals surface area contributed by atoms with Gasteiger partial charge in [0.2, 0.25) is 5.91 Å². The van der Waals surface area contributed by atoms with Gasteiger partial charge in [-0.15, -0.1) is 11.8 Å². The number of rotatable bonds is 7. The SMILES string of the molecule is CC(C)CCNC(=O)C(C)SCc1ccccc1. The van der Waals surface area contributed by atoms with Crippen LogP contribution in [0.25, 0.3) is 0 Å². The summed E-state index contributed by atoms with van der Waals surface area (Å²) in [5.74, 6) is 1.67. The maximum atomic E-state index is 11.8. The highest BCUT2D eigenvalue weighted by Crippen LogP contribution is 2.17. The number of carbonyl (C=O) groups is 1. The molecule has 1 unspecified atom stereocenters. The van der Waals surface area contributed by atoms with Crippen LogP contribution in [0.4, 0.5) is 0 Å². The van der Waals surface area contributed by atoms with E-state index in [4.69, 9.17) is 0 Å². The molecule has 18 heavy (non-hydrogen) atoms. The van der Waals surface area contributed by atoms with Gasteiger partial charge in [0.25, 0.3) is 0 Å². The molecular formula is C15H23NOS. The van der Waals surface area contributed by atoms with Crippen LogP contribution >= 0.6 is 11.8 Å². The molecule has 0 aromatic heterocycles. The van der Waals surface area contributed by atoms with Crippen molar-refractivity contribution in [2.45, 2.75) is 38.2 Å². The van der Waals surface area contributed by atoms with Crippen LogP contribution in [-0.4, -0.2) is 17.7 Å². The highest BCUT2D eigenvalue weighted by molar-refractivity contribution is 7.99. The molecule has 0 radical (unpaired) electrons. The lowest BCUT2D eigenvalue weighted by Gasteiger charge is -2.12. The Morgan fingerprint density at radius 2 is 1.89 bits per heavy atom. The fourth-order valence-electron chi connectivity index (χ4n) is 1.50. The second-order valence-electron chi connectivity index (χ2n) is 4.91. The van der Waals surface area contributed by atoms with E-state index in [0.29, 0.717) is 5.92 Å². The number of hydrogen-bond donors (Lipinski definition) is 1. The van der Waals surface area contributed by atoms with Crippen molar-refractivity contribution in [2.24, 2.45) is 5.92 Å². The Kier molecular flexibility index (Phi) is 6.88. The molecule has 100 valence electrons. The fourth-order valence-corrected chi connectivity index (χ4v) is 2.37. The van der Waals surface area contributed by atoms with Crippen molar-refractivity contribution in [3.8, 4) is 0 Å². The van der Waals surface area contributed by atoms with Gasteiger partial charge in [-0.2, -0.15) is 0 Å². The van der Waals surface area contributed by atoms with Gasteiger partial charge in [0.1, 0.15) is 0 Å². The quantitative estimate of drug-likeness (QED) is 0.818. The smallest absolute Gasteiger partial charge is 0.232 e. The standard InChI is InChI=1S/C15H23NOS/c1-12(2)9-10-16-15(17)13(3)18-11-14-7-5-4-6-8-14/h4-8,12-13H,9-11H2,1-3H3,(H,16,17). The highest BCUT2D eigenvalue weighted by atomic mass is 32.2. The van der Waals surface area contributed by atoms with Crippen LogP contribution < -0.4 is 5.32 Å². The van der Waals surface area contributed by atoms with Crippen molar-refractivity contribution < 1.29 is 4.79 Å². The largest absolute Gasteiger partial charge is 0.355 e. The molecule has 0 fully saturated rings. The molecule has 1 aromatic carbocycles. The normalized spacial score (nSPS) is 12.4. The lowest BCUT2D eigenvalue weighted by molar-refractivity contribution is -0.120. The van der Waals surface area contributed by atoms with E-state index in [9.17, 15) is 4.79 Å². The van der Waals surface area contributed by atoms with Crippen LogP contribution in [0.3, 0.4) is 0 Å². The predicted molar refractivity (Wildman–Crippen MR) is 79.7 cm³/mol. The summed E-state index contributed by atoms with van der Waals surface area (Å²) in [6.07, 6.45) is 1.04. The summed E-state index contributed by atoms with van der Waals surface area (Å²) in [5.41, 5.74) is 1.27. The minimum absolute atomic E-state index is 0.0115. The average molecular weight is 265 g/mol. The van der Waals surface area contributed by atoms with Gasteiger partial charge in [-0.25, -0.2) is 0 Å². The molecule has 0 aliphatic heterocycles. The Balaban J connectivity index is 2.23. The predicted octanol–water partition coefficient (Wildman–Crippen LogP) is 3.47. The third kappa shape index (κ3) is 6.10. The van der Waals surface area contributed by atoms with E-state index < -0.39 is 0 Å². The van der Waals surface area contributed by atoms with E-state index in [1.165, 1.54) is 5.56 Å². The second-order valence-corrected chi connectivity index (χ2v) is 6.24. The van der Waals surface area contributed by atoms with E-state index >= 15 is 0 Å². The molecule has 0 bridgehead atoms. The van der Waals surface area contributed by atoms with Crippen molar-refractivity contribution in [1.29, 1.82) is 0 Å². The van der Waals surface area contributed by atoms with Crippen molar-refractivity contribution in [1.82, 2.24) is 5.32 Å². The number of hydrogen-bond acceptors (Lipinski definition) is 2. The van der Waals surface area contributed by atoms with E-state index in [-0.39, 0.29) is 11.2 Å². The van der Waals surface area contributed by atoms with Crippen molar-refractivity contribution in [2.75, 3.05) is 6.54 Å². The molecule has 1 N–H and O–H groups in total. The summed E-state index contributed by atoms with van der Waals surface area (Å²) < 4.78 is 0. The molecule has 1 amide bonds. The van der Waals surface area contributed by atoms with E-state index in [1.54, 1.807) is 11.8 Å². The van der Waals surface area contributed by atoms with Gasteiger partial charge >= 0.3 is 0 Å². The number of amides is 1. The first-order valence-electron chi connectivity index (χ1n) is 6.53. The van der Waals surface area contributed by atoms with Gasteiger partial charge in [0.15, 0.2) is 0 Å². The number of benzene rings is 1. The third-order valence-corrected chi connectivity index (χ3v) is 3.95. The summed E-state index contributed by atoms with van der Waals surface area (Å²) in [6, 6.07) is 10.3. The van der Waals surface area contributed by atoms with Gasteiger partial charge in [0.05, 0.1) is 5.25 Å². The highest BCUT2D eigenvalue weighted by Gasteiger charge is 2.12. The van der Waals surface area contributed by atoms with Crippen LogP contribution in [0.2, 0.25) is 0 Å². The molecule has 1 atom stereocenters. The molecular weight excluding hydrogens is 242 g/mol. The molecule has 0 spiro atoms. The van der Waals surface area contributed by atoms with E-state index in [1.807, 2.05) is 25.1 Å². The zero-order valence-electron chi connectivity index (χ0n) is 11.5. The van der Waals surface area contributed by atoms with Crippen molar-refractivity contribution in [3.63, 3.8) is 0 Å². The Morgan fingerprint density at radius 3 is 2.50 bits per heavy atom. The summed E-state index contributed by atoms with van der Waals surface area (Å²) in [7, 11) is 0. The Labute approximate surface area is 115 Å². The summed E-state index contributed by atoms with van der Waals surface area (Å²) in [6.45, 7) is 7.09. The maximum Gasteiger partial charge on any atom is 0.232 e. The Morgan fingerprint density at radius 1 is 1.22 bits per heavy atom. The molecule has 1 rings (SSSR count). The molecule has 3 heteroatoms. The van der Waals surface area contributed by atoms with Gasteiger partial charge in [-0.05, 0) is 24.8 Å². The van der Waals surface area contributed by atoms with Crippen LogP contribution in [-0.2, 0) is 10.5 Å². The Hall–Kier alpha value is -0.960. The van der Waals surface area contributed by atoms with Gasteiger partial charge in [-0.3, -0.25) is 4.79 Å². The van der Waals surface area contributed by atoms with E-state index in [2.05, 4.69) is 31.3 Å². The first-order chi connectivity index (χ1) is 8.59. The van der Waals surface area contributed by atoms with Crippen LogP contribution in [0.1, 0.15) is 32.8 Å². The second kappa shape index (κ2) is 8.20. The van der Waals surface area contributed by atoms with Crippen LogP contribution in [0.15, 0.2) is 30.3 Å². The lowest BCUT2D eigenvalue weighted by Crippen LogP contribution is -2.32. The van der Waals surface area contributed by atoms with Gasteiger partial charge < -0.3 is 5.32 Å². The Bertz CT molecular complexity index is 351. The molecule has 2 nitrogen and oxygen atoms in total. The monoisotopic (exact) mass is 265 g/mol. The maximum absolute atomic E-state index is 11.8. The zero-order chi connectivity index (χ0) is 13.4. The number of thioether (sulfide) groups is 1. The lowest BCUT2D eigenvalue weighted by atomic mass is 10.1. The molecule has 0 saturated carbocycles. The van der Waals surface area contributed by atoms with Gasteiger partial charge in [-0.1, -0.05) is 44.2 Å². The van der Waals surface area contributed by atoms with E-state index in [0.717, 1.165) is 18.7 Å². The minimum Gasteiger partial charge on any atom is -0.355 e. The number of nitrogens with one attached hydrogen (secondary N) is 1. The van der Waals surface area contributed by atoms with Crippen molar-refractivity contribution >= 4 is 17.7 Å². The molecule has 0 saturated heterocycles. The first kappa shape index (κ1) is 15.1. The first-order valence-corrected chi connectivity index (χ1v) is 7.57. The van der Waals surface area contributed by atoms with Crippen LogP contribution in [0.5, 0.6) is 0 Å². The summed E-state index contributed by atoms with van der Waals surface area (Å²) >= 11 is 1.68. The van der Waals surface area contributed by atoms with Gasteiger partial charge in [0, 0.05) is 12.3 Å². The zero-order valence-corrected chi connectivity index (χ0v) is 12.3. The van der Waals surface area contributed by atoms with Crippen molar-refractivity contribution in [3.05, 3.63) is 35.9 Å². The fraction of sp³-hybridized carbons (Fsp3) is 0.533.